The molecule has 2 aromatic rings. The molecule has 0 nitrogen and oxygen atoms in total. The van der Waals surface area contributed by atoms with Crippen molar-refractivity contribution in [2.24, 2.45) is 0 Å². The summed E-state index contributed by atoms with van der Waals surface area (Å²) in [6.45, 7) is 2.23. The second-order valence-corrected chi connectivity index (χ2v) is 5.04. The Hall–Kier alpha value is -1.82. The first-order valence-corrected chi connectivity index (χ1v) is 6.26. The van der Waals surface area contributed by atoms with Crippen molar-refractivity contribution < 1.29 is 0 Å². The topological polar surface area (TPSA) is 0 Å². The first kappa shape index (κ1) is 9.23. The van der Waals surface area contributed by atoms with Gasteiger partial charge in [-0.05, 0) is 58.4 Å². The molecule has 2 aliphatic rings. The molecule has 2 aromatic carbocycles. The predicted octanol–water partition coefficient (Wildman–Crippen LogP) is 4.29. The van der Waals surface area contributed by atoms with E-state index in [1.165, 1.54) is 38.6 Å². The van der Waals surface area contributed by atoms with Crippen molar-refractivity contribution in [3.8, 4) is 0 Å². The summed E-state index contributed by atoms with van der Waals surface area (Å²) in [5, 5.41) is 3.00. The van der Waals surface area contributed by atoms with Crippen LogP contribution >= 0.6 is 0 Å². The van der Waals surface area contributed by atoms with Gasteiger partial charge in [0.15, 0.2) is 0 Å². The zero-order valence-corrected chi connectivity index (χ0v) is 9.96. The summed E-state index contributed by atoms with van der Waals surface area (Å²) in [5.41, 5.74) is 7.22. The third-order valence-electron chi connectivity index (χ3n) is 3.99. The van der Waals surface area contributed by atoms with E-state index < -0.39 is 0 Å². The van der Waals surface area contributed by atoms with Crippen LogP contribution in [0.1, 0.15) is 27.8 Å². The van der Waals surface area contributed by atoms with Crippen LogP contribution in [0, 0.1) is 6.92 Å². The van der Waals surface area contributed by atoms with Crippen molar-refractivity contribution >= 4 is 22.9 Å². The highest BCUT2D eigenvalue weighted by molar-refractivity contribution is 6.03. The molecule has 0 N–H and O–H groups in total. The SMILES string of the molecule is Cc1cc2c3c(ccc4c3c1C=CC4)C=CC2. The fourth-order valence-corrected chi connectivity index (χ4v) is 3.23. The molecule has 4 rings (SSSR count). The third kappa shape index (κ3) is 1.13. The van der Waals surface area contributed by atoms with Crippen LogP contribution in [0.4, 0.5) is 0 Å². The van der Waals surface area contributed by atoms with Crippen molar-refractivity contribution in [2.45, 2.75) is 19.8 Å². The van der Waals surface area contributed by atoms with E-state index in [1.54, 1.807) is 0 Å². The third-order valence-corrected chi connectivity index (χ3v) is 3.99. The zero-order chi connectivity index (χ0) is 11.4. The van der Waals surface area contributed by atoms with Gasteiger partial charge in [-0.3, -0.25) is 0 Å². The fraction of sp³-hybridized carbons (Fsp3) is 0.176. The van der Waals surface area contributed by atoms with Crippen LogP contribution in [0.25, 0.3) is 22.9 Å². The lowest BCUT2D eigenvalue weighted by Gasteiger charge is -2.21. The molecule has 0 unspecified atom stereocenters. The second kappa shape index (κ2) is 3.10. The lowest BCUT2D eigenvalue weighted by molar-refractivity contribution is 1.23. The summed E-state index contributed by atoms with van der Waals surface area (Å²) in [5.74, 6) is 0. The lowest BCUT2D eigenvalue weighted by Crippen LogP contribution is -2.02. The van der Waals surface area contributed by atoms with Crippen LogP contribution in [0.15, 0.2) is 30.4 Å². The number of allylic oxidation sites excluding steroid dienone is 2. The molecule has 0 radical (unpaired) electrons. The van der Waals surface area contributed by atoms with Crippen LogP contribution in [-0.4, -0.2) is 0 Å². The Kier molecular flexibility index (Phi) is 1.69. The van der Waals surface area contributed by atoms with Gasteiger partial charge >= 0.3 is 0 Å². The van der Waals surface area contributed by atoms with Crippen molar-refractivity contribution in [1.29, 1.82) is 0 Å². The van der Waals surface area contributed by atoms with E-state index in [-0.39, 0.29) is 0 Å². The molecule has 0 heteroatoms. The second-order valence-electron chi connectivity index (χ2n) is 5.04. The molecule has 0 amide bonds. The van der Waals surface area contributed by atoms with Crippen LogP contribution < -0.4 is 0 Å². The fourth-order valence-electron chi connectivity index (χ4n) is 3.23. The van der Waals surface area contributed by atoms with E-state index in [0.29, 0.717) is 0 Å². The highest BCUT2D eigenvalue weighted by atomic mass is 14.2. The molecule has 0 saturated carbocycles. The summed E-state index contributed by atoms with van der Waals surface area (Å²) >= 11 is 0. The minimum absolute atomic E-state index is 1.08. The standard InChI is InChI=1S/C17H14/c1-11-10-14-6-2-4-12-8-9-13-5-3-7-15(11)17(13)16(12)14/h2-4,7-10H,5-6H2,1H3. The molecule has 0 fully saturated rings. The predicted molar refractivity (Wildman–Crippen MR) is 74.2 cm³/mol. The summed E-state index contributed by atoms with van der Waals surface area (Å²) < 4.78 is 0. The van der Waals surface area contributed by atoms with Crippen LogP contribution in [0.2, 0.25) is 0 Å². The van der Waals surface area contributed by atoms with Gasteiger partial charge in [0.1, 0.15) is 0 Å². The number of rotatable bonds is 0. The van der Waals surface area contributed by atoms with Gasteiger partial charge in [0.2, 0.25) is 0 Å². The van der Waals surface area contributed by atoms with Crippen LogP contribution in [0.5, 0.6) is 0 Å². The first-order valence-electron chi connectivity index (χ1n) is 6.26. The maximum absolute atomic E-state index is 2.37. The van der Waals surface area contributed by atoms with Crippen LogP contribution in [0.3, 0.4) is 0 Å². The van der Waals surface area contributed by atoms with Gasteiger partial charge in [0, 0.05) is 0 Å². The molecule has 0 bridgehead atoms. The summed E-state index contributed by atoms with van der Waals surface area (Å²) in [6, 6.07) is 6.93. The molecule has 82 valence electrons. The van der Waals surface area contributed by atoms with Gasteiger partial charge < -0.3 is 0 Å². The molecule has 0 atom stereocenters. The molecule has 0 aromatic heterocycles. The largest absolute Gasteiger partial charge is 0.0795 e. The van der Waals surface area contributed by atoms with E-state index in [4.69, 9.17) is 0 Å². The molecular weight excluding hydrogens is 204 g/mol. The number of aryl methyl sites for hydroxylation is 1. The quantitative estimate of drug-likeness (QED) is 0.619. The minimum atomic E-state index is 1.08. The average molecular weight is 218 g/mol. The van der Waals surface area contributed by atoms with Gasteiger partial charge in [-0.25, -0.2) is 0 Å². The van der Waals surface area contributed by atoms with Crippen molar-refractivity contribution in [3.05, 3.63) is 58.2 Å². The van der Waals surface area contributed by atoms with E-state index in [1.807, 2.05) is 0 Å². The Bertz CT molecular complexity index is 700. The normalized spacial score (nSPS) is 15.6. The highest BCUT2D eigenvalue weighted by Crippen LogP contribution is 2.37. The minimum Gasteiger partial charge on any atom is -0.0795 e. The van der Waals surface area contributed by atoms with Crippen molar-refractivity contribution in [1.82, 2.24) is 0 Å². The number of hydrogen-bond donors (Lipinski definition) is 0. The van der Waals surface area contributed by atoms with Crippen molar-refractivity contribution in [2.75, 3.05) is 0 Å². The highest BCUT2D eigenvalue weighted by Gasteiger charge is 2.17. The Morgan fingerprint density at radius 3 is 2.65 bits per heavy atom. The molecular formula is C17H14. The Morgan fingerprint density at radius 1 is 0.882 bits per heavy atom. The van der Waals surface area contributed by atoms with Gasteiger partial charge in [-0.15, -0.1) is 0 Å². The Balaban J connectivity index is 2.31. The van der Waals surface area contributed by atoms with Gasteiger partial charge in [-0.2, -0.15) is 0 Å². The zero-order valence-electron chi connectivity index (χ0n) is 9.96. The maximum Gasteiger partial charge on any atom is -0.00647 e. The average Bonchev–Trinajstić information content (AvgIpc) is 2.37. The Morgan fingerprint density at radius 2 is 1.71 bits per heavy atom. The molecule has 2 aliphatic carbocycles. The summed E-state index contributed by atoms with van der Waals surface area (Å²) in [7, 11) is 0. The summed E-state index contributed by atoms with van der Waals surface area (Å²) in [4.78, 5) is 0. The number of benzene rings is 2. The van der Waals surface area contributed by atoms with Crippen LogP contribution in [-0.2, 0) is 12.8 Å². The van der Waals surface area contributed by atoms with E-state index in [2.05, 4.69) is 49.4 Å². The summed E-state index contributed by atoms with van der Waals surface area (Å²) in [6.07, 6.45) is 11.3. The van der Waals surface area contributed by atoms with Gasteiger partial charge in [0.25, 0.3) is 0 Å². The lowest BCUT2D eigenvalue weighted by atomic mass is 9.83. The van der Waals surface area contributed by atoms with E-state index in [9.17, 15) is 0 Å². The molecule has 0 heterocycles. The monoisotopic (exact) mass is 218 g/mol. The molecule has 17 heavy (non-hydrogen) atoms. The molecule has 0 saturated heterocycles. The molecule has 0 aliphatic heterocycles. The van der Waals surface area contributed by atoms with Crippen molar-refractivity contribution in [3.63, 3.8) is 0 Å². The maximum atomic E-state index is 2.37. The van der Waals surface area contributed by atoms with E-state index >= 15 is 0 Å². The number of hydrogen-bond acceptors (Lipinski definition) is 0. The first-order chi connectivity index (χ1) is 8.34. The van der Waals surface area contributed by atoms with E-state index in [0.717, 1.165) is 12.8 Å². The molecule has 0 spiro atoms. The Labute approximate surface area is 101 Å². The van der Waals surface area contributed by atoms with Gasteiger partial charge in [-0.1, -0.05) is 42.5 Å². The van der Waals surface area contributed by atoms with Gasteiger partial charge in [0.05, 0.1) is 0 Å². The smallest absolute Gasteiger partial charge is 0.00647 e.